The molecule has 0 saturated heterocycles. The van der Waals surface area contributed by atoms with Crippen molar-refractivity contribution in [2.45, 2.75) is 32.4 Å². The molecule has 0 spiro atoms. The van der Waals surface area contributed by atoms with Gasteiger partial charge in [-0.1, -0.05) is 38.1 Å². The number of halogens is 1. The zero-order chi connectivity index (χ0) is 10.8. The van der Waals surface area contributed by atoms with Gasteiger partial charge in [-0.3, -0.25) is 0 Å². The second-order valence-electron chi connectivity index (χ2n) is 4.14. The number of rotatable bonds is 3. The van der Waals surface area contributed by atoms with Gasteiger partial charge in [0.1, 0.15) is 5.67 Å². The Kier molecular flexibility index (Phi) is 3.27. The molecule has 0 heterocycles. The maximum absolute atomic E-state index is 14.0. The van der Waals surface area contributed by atoms with Crippen molar-refractivity contribution in [3.8, 4) is 0 Å². The lowest BCUT2D eigenvalue weighted by atomic mass is 9.88. The SMILES string of the molecule is CC(C)c1ccccc1C(C)(F)CN. The van der Waals surface area contributed by atoms with E-state index >= 15 is 0 Å². The average molecular weight is 195 g/mol. The molecule has 1 unspecified atom stereocenters. The van der Waals surface area contributed by atoms with Gasteiger partial charge in [0, 0.05) is 6.54 Å². The van der Waals surface area contributed by atoms with Gasteiger partial charge in [0.05, 0.1) is 0 Å². The highest BCUT2D eigenvalue weighted by Gasteiger charge is 2.26. The highest BCUT2D eigenvalue weighted by Crippen LogP contribution is 2.31. The van der Waals surface area contributed by atoms with Crippen molar-refractivity contribution in [3.63, 3.8) is 0 Å². The molecule has 0 radical (unpaired) electrons. The molecular formula is C12H18FN. The first-order chi connectivity index (χ1) is 6.49. The molecule has 1 atom stereocenters. The summed E-state index contributed by atoms with van der Waals surface area (Å²) in [7, 11) is 0. The molecule has 1 aromatic carbocycles. The Hall–Kier alpha value is -0.890. The Bertz CT molecular complexity index is 305. The van der Waals surface area contributed by atoms with Crippen LogP contribution in [-0.2, 0) is 5.67 Å². The number of benzene rings is 1. The van der Waals surface area contributed by atoms with Crippen LogP contribution in [0.5, 0.6) is 0 Å². The standard InChI is InChI=1S/C12H18FN/c1-9(2)10-6-4-5-7-11(10)12(3,13)8-14/h4-7,9H,8,14H2,1-3H3. The lowest BCUT2D eigenvalue weighted by Gasteiger charge is -2.23. The Morgan fingerprint density at radius 1 is 1.36 bits per heavy atom. The lowest BCUT2D eigenvalue weighted by Crippen LogP contribution is -2.28. The summed E-state index contributed by atoms with van der Waals surface area (Å²) in [5.74, 6) is 0.327. The smallest absolute Gasteiger partial charge is 0.145 e. The molecule has 14 heavy (non-hydrogen) atoms. The molecule has 1 rings (SSSR count). The van der Waals surface area contributed by atoms with E-state index in [9.17, 15) is 4.39 Å². The van der Waals surface area contributed by atoms with Crippen molar-refractivity contribution in [2.75, 3.05) is 6.54 Å². The molecule has 2 N–H and O–H groups in total. The monoisotopic (exact) mass is 195 g/mol. The van der Waals surface area contributed by atoms with Gasteiger partial charge in [-0.15, -0.1) is 0 Å². The van der Waals surface area contributed by atoms with Gasteiger partial charge < -0.3 is 5.73 Å². The number of hydrogen-bond acceptors (Lipinski definition) is 1. The third-order valence-corrected chi connectivity index (χ3v) is 2.53. The predicted octanol–water partition coefficient (Wildman–Crippen LogP) is 2.95. The van der Waals surface area contributed by atoms with Crippen LogP contribution in [0, 0.1) is 0 Å². The van der Waals surface area contributed by atoms with Gasteiger partial charge in [-0.2, -0.15) is 0 Å². The first-order valence-electron chi connectivity index (χ1n) is 4.97. The van der Waals surface area contributed by atoms with E-state index in [1.807, 2.05) is 24.3 Å². The van der Waals surface area contributed by atoms with Gasteiger partial charge >= 0.3 is 0 Å². The minimum absolute atomic E-state index is 0.0245. The van der Waals surface area contributed by atoms with Gasteiger partial charge in [0.25, 0.3) is 0 Å². The molecule has 2 heteroatoms. The number of alkyl halides is 1. The van der Waals surface area contributed by atoms with Crippen molar-refractivity contribution in [1.82, 2.24) is 0 Å². The molecule has 0 aliphatic carbocycles. The van der Waals surface area contributed by atoms with E-state index in [0.29, 0.717) is 5.92 Å². The molecule has 0 aliphatic rings. The second-order valence-corrected chi connectivity index (χ2v) is 4.14. The first kappa shape index (κ1) is 11.2. The summed E-state index contributed by atoms with van der Waals surface area (Å²) < 4.78 is 14.0. The fourth-order valence-corrected chi connectivity index (χ4v) is 1.59. The predicted molar refractivity (Wildman–Crippen MR) is 58.0 cm³/mol. The van der Waals surface area contributed by atoms with Crippen LogP contribution in [0.25, 0.3) is 0 Å². The maximum Gasteiger partial charge on any atom is 0.145 e. The van der Waals surface area contributed by atoms with Crippen LogP contribution in [0.2, 0.25) is 0 Å². The van der Waals surface area contributed by atoms with Crippen LogP contribution in [0.3, 0.4) is 0 Å². The fraction of sp³-hybridized carbons (Fsp3) is 0.500. The summed E-state index contributed by atoms with van der Waals surface area (Å²) in [5, 5.41) is 0. The van der Waals surface area contributed by atoms with Gasteiger partial charge in [-0.05, 0) is 24.0 Å². The van der Waals surface area contributed by atoms with Crippen LogP contribution in [0.4, 0.5) is 4.39 Å². The van der Waals surface area contributed by atoms with E-state index in [0.717, 1.165) is 11.1 Å². The summed E-state index contributed by atoms with van der Waals surface area (Å²) in [5.41, 5.74) is 5.78. The van der Waals surface area contributed by atoms with Crippen LogP contribution in [-0.4, -0.2) is 6.54 Å². The summed E-state index contributed by atoms with van der Waals surface area (Å²) in [4.78, 5) is 0. The molecule has 0 fully saturated rings. The molecule has 0 amide bonds. The minimum atomic E-state index is -1.42. The van der Waals surface area contributed by atoms with Crippen LogP contribution < -0.4 is 5.73 Å². The van der Waals surface area contributed by atoms with E-state index in [2.05, 4.69) is 13.8 Å². The quantitative estimate of drug-likeness (QED) is 0.788. The summed E-state index contributed by atoms with van der Waals surface area (Å²) in [6.45, 7) is 5.68. The molecular weight excluding hydrogens is 177 g/mol. The van der Waals surface area contributed by atoms with Crippen LogP contribution in [0.1, 0.15) is 37.8 Å². The number of hydrogen-bond donors (Lipinski definition) is 1. The highest BCUT2D eigenvalue weighted by atomic mass is 19.1. The molecule has 0 aliphatic heterocycles. The molecule has 1 nitrogen and oxygen atoms in total. The Balaban J connectivity index is 3.20. The summed E-state index contributed by atoms with van der Waals surface area (Å²) >= 11 is 0. The fourth-order valence-electron chi connectivity index (χ4n) is 1.59. The Morgan fingerprint density at radius 3 is 2.43 bits per heavy atom. The van der Waals surface area contributed by atoms with E-state index in [-0.39, 0.29) is 6.54 Å². The summed E-state index contributed by atoms with van der Waals surface area (Å²) in [6, 6.07) is 7.58. The average Bonchev–Trinajstić information content (AvgIpc) is 2.18. The van der Waals surface area contributed by atoms with Gasteiger partial charge in [0.2, 0.25) is 0 Å². The minimum Gasteiger partial charge on any atom is -0.327 e. The normalized spacial score (nSPS) is 15.6. The largest absolute Gasteiger partial charge is 0.327 e. The second kappa shape index (κ2) is 4.09. The van der Waals surface area contributed by atoms with Crippen molar-refractivity contribution in [1.29, 1.82) is 0 Å². The molecule has 1 aromatic rings. The zero-order valence-electron chi connectivity index (χ0n) is 9.05. The van der Waals surface area contributed by atoms with Crippen molar-refractivity contribution in [2.24, 2.45) is 5.73 Å². The van der Waals surface area contributed by atoms with E-state index in [4.69, 9.17) is 5.73 Å². The highest BCUT2D eigenvalue weighted by molar-refractivity contribution is 5.34. The Labute approximate surface area is 85.1 Å². The molecule has 0 saturated carbocycles. The van der Waals surface area contributed by atoms with E-state index < -0.39 is 5.67 Å². The zero-order valence-corrected chi connectivity index (χ0v) is 9.05. The summed E-state index contributed by atoms with van der Waals surface area (Å²) in [6.07, 6.45) is 0. The first-order valence-corrected chi connectivity index (χ1v) is 4.97. The van der Waals surface area contributed by atoms with Crippen LogP contribution >= 0.6 is 0 Å². The third kappa shape index (κ3) is 2.13. The van der Waals surface area contributed by atoms with Crippen molar-refractivity contribution >= 4 is 0 Å². The molecule has 78 valence electrons. The van der Waals surface area contributed by atoms with Gasteiger partial charge in [0.15, 0.2) is 0 Å². The van der Waals surface area contributed by atoms with Crippen LogP contribution in [0.15, 0.2) is 24.3 Å². The lowest BCUT2D eigenvalue weighted by molar-refractivity contribution is 0.201. The molecule has 0 bridgehead atoms. The van der Waals surface area contributed by atoms with Gasteiger partial charge in [-0.25, -0.2) is 4.39 Å². The van der Waals surface area contributed by atoms with E-state index in [1.54, 1.807) is 0 Å². The Morgan fingerprint density at radius 2 is 1.93 bits per heavy atom. The number of nitrogens with two attached hydrogens (primary N) is 1. The third-order valence-electron chi connectivity index (χ3n) is 2.53. The van der Waals surface area contributed by atoms with E-state index in [1.165, 1.54) is 6.92 Å². The topological polar surface area (TPSA) is 26.0 Å². The van der Waals surface area contributed by atoms with Crippen molar-refractivity contribution in [3.05, 3.63) is 35.4 Å². The molecule has 0 aromatic heterocycles. The maximum atomic E-state index is 14.0. The van der Waals surface area contributed by atoms with Crippen molar-refractivity contribution < 1.29 is 4.39 Å².